The van der Waals surface area contributed by atoms with Gasteiger partial charge in [0.25, 0.3) is 0 Å². The fourth-order valence-electron chi connectivity index (χ4n) is 3.60. The first-order chi connectivity index (χ1) is 14.2. The van der Waals surface area contributed by atoms with Gasteiger partial charge in [-0.1, -0.05) is 30.3 Å². The molecular formula is C23H34N4OS. The summed E-state index contributed by atoms with van der Waals surface area (Å²) in [6.45, 7) is 9.58. The van der Waals surface area contributed by atoms with E-state index in [0.29, 0.717) is 12.5 Å². The third-order valence-electron chi connectivity index (χ3n) is 5.11. The van der Waals surface area contributed by atoms with Gasteiger partial charge in [0.1, 0.15) is 0 Å². The molecule has 0 saturated carbocycles. The molecule has 3 rings (SSSR count). The van der Waals surface area contributed by atoms with Crippen molar-refractivity contribution >= 4 is 17.3 Å². The maximum atomic E-state index is 5.96. The highest BCUT2D eigenvalue weighted by Crippen LogP contribution is 2.18. The molecule has 1 fully saturated rings. The van der Waals surface area contributed by atoms with Crippen molar-refractivity contribution in [2.24, 2.45) is 10.9 Å². The van der Waals surface area contributed by atoms with Crippen molar-refractivity contribution in [1.29, 1.82) is 0 Å². The highest BCUT2D eigenvalue weighted by atomic mass is 32.1. The van der Waals surface area contributed by atoms with Crippen LogP contribution in [0.3, 0.4) is 0 Å². The number of thiazole rings is 1. The molecule has 0 amide bonds. The predicted molar refractivity (Wildman–Crippen MR) is 122 cm³/mol. The third kappa shape index (κ3) is 7.44. The van der Waals surface area contributed by atoms with E-state index in [2.05, 4.69) is 58.7 Å². The van der Waals surface area contributed by atoms with Gasteiger partial charge in [-0.2, -0.15) is 0 Å². The van der Waals surface area contributed by atoms with Crippen LogP contribution in [0, 0.1) is 12.8 Å². The maximum Gasteiger partial charge on any atom is 0.193 e. The first-order valence-corrected chi connectivity index (χ1v) is 11.7. The summed E-state index contributed by atoms with van der Waals surface area (Å²) >= 11 is 1.77. The van der Waals surface area contributed by atoms with Crippen molar-refractivity contribution in [3.8, 4) is 0 Å². The number of benzene rings is 1. The van der Waals surface area contributed by atoms with Crippen LogP contribution in [-0.2, 0) is 17.8 Å². The number of aromatic nitrogens is 1. The quantitative estimate of drug-likeness (QED) is 0.358. The number of aliphatic imine (C=N–C) groups is 1. The molecule has 1 aliphatic rings. The van der Waals surface area contributed by atoms with E-state index in [1.165, 1.54) is 17.0 Å². The van der Waals surface area contributed by atoms with E-state index in [4.69, 9.17) is 9.73 Å². The summed E-state index contributed by atoms with van der Waals surface area (Å²) in [7, 11) is 0. The van der Waals surface area contributed by atoms with E-state index in [1.54, 1.807) is 11.3 Å². The Morgan fingerprint density at radius 3 is 2.93 bits per heavy atom. The molecule has 29 heavy (non-hydrogen) atoms. The van der Waals surface area contributed by atoms with Crippen LogP contribution in [0.2, 0.25) is 0 Å². The smallest absolute Gasteiger partial charge is 0.193 e. The minimum absolute atomic E-state index is 0.579. The first-order valence-electron chi connectivity index (χ1n) is 10.8. The van der Waals surface area contributed by atoms with Crippen LogP contribution in [-0.4, -0.2) is 48.6 Å². The second-order valence-corrected chi connectivity index (χ2v) is 8.62. The molecular weight excluding hydrogens is 380 g/mol. The Balaban J connectivity index is 1.37. The number of unbranched alkanes of at least 4 members (excludes halogenated alkanes) is 1. The molecule has 1 aromatic carbocycles. The van der Waals surface area contributed by atoms with E-state index < -0.39 is 0 Å². The standard InChI is InChI=1S/C23H34N4OS/c1-3-24-23(25-13-8-7-11-22-26-19(2)18-29-22)27-14-12-21(15-27)17-28-16-20-9-5-4-6-10-20/h4-6,9-10,18,21H,3,7-8,11-17H2,1-2H3,(H,24,25). The van der Waals surface area contributed by atoms with Crippen molar-refractivity contribution in [3.05, 3.63) is 52.0 Å². The summed E-state index contributed by atoms with van der Waals surface area (Å²) in [6.07, 6.45) is 4.48. The molecule has 158 valence electrons. The van der Waals surface area contributed by atoms with Crippen LogP contribution < -0.4 is 5.32 Å². The molecule has 1 aromatic heterocycles. The minimum atomic E-state index is 0.579. The summed E-state index contributed by atoms with van der Waals surface area (Å²) in [5, 5.41) is 6.84. The summed E-state index contributed by atoms with van der Waals surface area (Å²) < 4.78 is 5.96. The first kappa shape index (κ1) is 21.8. The van der Waals surface area contributed by atoms with Crippen LogP contribution in [0.4, 0.5) is 0 Å². The Hall–Kier alpha value is -1.92. The maximum absolute atomic E-state index is 5.96. The Bertz CT molecular complexity index is 746. The normalized spacial score (nSPS) is 17.1. The lowest BCUT2D eigenvalue weighted by Gasteiger charge is -2.21. The van der Waals surface area contributed by atoms with Gasteiger partial charge in [0, 0.05) is 43.2 Å². The van der Waals surface area contributed by atoms with Gasteiger partial charge in [-0.15, -0.1) is 11.3 Å². The average Bonchev–Trinajstić information content (AvgIpc) is 3.37. The molecule has 2 heterocycles. The van der Waals surface area contributed by atoms with Gasteiger partial charge in [0.2, 0.25) is 0 Å². The zero-order valence-corrected chi connectivity index (χ0v) is 18.6. The Labute approximate surface area is 179 Å². The monoisotopic (exact) mass is 414 g/mol. The van der Waals surface area contributed by atoms with Gasteiger partial charge in [-0.25, -0.2) is 4.98 Å². The number of ether oxygens (including phenoxy) is 1. The molecule has 1 unspecified atom stereocenters. The van der Waals surface area contributed by atoms with Crippen molar-refractivity contribution in [2.45, 2.75) is 46.1 Å². The predicted octanol–water partition coefficient (Wildman–Crippen LogP) is 4.28. The van der Waals surface area contributed by atoms with Crippen molar-refractivity contribution in [2.75, 3.05) is 32.8 Å². The number of hydrogen-bond acceptors (Lipinski definition) is 4. The van der Waals surface area contributed by atoms with Gasteiger partial charge >= 0.3 is 0 Å². The SMILES string of the molecule is CCNC(=NCCCCc1nc(C)cs1)N1CCC(COCc2ccccc2)C1. The summed E-state index contributed by atoms with van der Waals surface area (Å²) in [4.78, 5) is 11.8. The lowest BCUT2D eigenvalue weighted by molar-refractivity contribution is 0.0907. The van der Waals surface area contributed by atoms with E-state index in [-0.39, 0.29) is 0 Å². The fourth-order valence-corrected chi connectivity index (χ4v) is 4.41. The molecule has 1 saturated heterocycles. The Morgan fingerprint density at radius 1 is 1.31 bits per heavy atom. The molecule has 5 nitrogen and oxygen atoms in total. The van der Waals surface area contributed by atoms with E-state index in [0.717, 1.165) is 63.7 Å². The second-order valence-electron chi connectivity index (χ2n) is 7.68. The van der Waals surface area contributed by atoms with Gasteiger partial charge in [0.05, 0.1) is 18.2 Å². The molecule has 1 N–H and O–H groups in total. The Kier molecular flexibility index (Phi) is 8.96. The van der Waals surface area contributed by atoms with Gasteiger partial charge < -0.3 is 15.0 Å². The van der Waals surface area contributed by atoms with Gasteiger partial charge in [-0.05, 0) is 45.1 Å². The molecule has 0 aliphatic carbocycles. The van der Waals surface area contributed by atoms with Crippen LogP contribution >= 0.6 is 11.3 Å². The summed E-state index contributed by atoms with van der Waals surface area (Å²) in [5.41, 5.74) is 2.37. The van der Waals surface area contributed by atoms with E-state index >= 15 is 0 Å². The number of guanidine groups is 1. The largest absolute Gasteiger partial charge is 0.376 e. The number of likely N-dealkylation sites (tertiary alicyclic amines) is 1. The third-order valence-corrected chi connectivity index (χ3v) is 6.14. The number of hydrogen-bond donors (Lipinski definition) is 1. The zero-order valence-electron chi connectivity index (χ0n) is 17.8. The molecule has 1 atom stereocenters. The highest BCUT2D eigenvalue weighted by Gasteiger charge is 2.24. The topological polar surface area (TPSA) is 49.8 Å². The summed E-state index contributed by atoms with van der Waals surface area (Å²) in [5.74, 6) is 1.64. The Morgan fingerprint density at radius 2 is 2.17 bits per heavy atom. The van der Waals surface area contributed by atoms with Crippen molar-refractivity contribution in [1.82, 2.24) is 15.2 Å². The number of nitrogens with zero attached hydrogens (tertiary/aromatic N) is 3. The van der Waals surface area contributed by atoms with Crippen LogP contribution in [0.15, 0.2) is 40.7 Å². The molecule has 0 bridgehead atoms. The lowest BCUT2D eigenvalue weighted by Crippen LogP contribution is -2.40. The van der Waals surface area contributed by atoms with E-state index in [9.17, 15) is 0 Å². The van der Waals surface area contributed by atoms with Crippen molar-refractivity contribution < 1.29 is 4.74 Å². The fraction of sp³-hybridized carbons (Fsp3) is 0.565. The van der Waals surface area contributed by atoms with Crippen molar-refractivity contribution in [3.63, 3.8) is 0 Å². The number of nitrogens with one attached hydrogen (secondary N) is 1. The zero-order chi connectivity index (χ0) is 20.3. The molecule has 6 heteroatoms. The van der Waals surface area contributed by atoms with E-state index in [1.807, 2.05) is 6.07 Å². The number of rotatable bonds is 10. The molecule has 0 spiro atoms. The number of aryl methyl sites for hydroxylation is 2. The average molecular weight is 415 g/mol. The van der Waals surface area contributed by atoms with Gasteiger partial charge in [0.15, 0.2) is 5.96 Å². The van der Waals surface area contributed by atoms with Crippen LogP contribution in [0.25, 0.3) is 0 Å². The molecule has 1 aliphatic heterocycles. The lowest BCUT2D eigenvalue weighted by atomic mass is 10.1. The van der Waals surface area contributed by atoms with Crippen LogP contribution in [0.1, 0.15) is 42.5 Å². The van der Waals surface area contributed by atoms with Gasteiger partial charge in [-0.3, -0.25) is 4.99 Å². The second kappa shape index (κ2) is 11.9. The molecule has 2 aromatic rings. The van der Waals surface area contributed by atoms with Crippen LogP contribution in [0.5, 0.6) is 0 Å². The highest BCUT2D eigenvalue weighted by molar-refractivity contribution is 7.09. The minimum Gasteiger partial charge on any atom is -0.376 e. The molecule has 0 radical (unpaired) electrons. The summed E-state index contributed by atoms with van der Waals surface area (Å²) in [6, 6.07) is 10.4.